The first-order valence-corrected chi connectivity index (χ1v) is 8.10. The van der Waals surface area contributed by atoms with Gasteiger partial charge in [0.15, 0.2) is 5.84 Å². The van der Waals surface area contributed by atoms with Crippen LogP contribution in [0.3, 0.4) is 0 Å². The summed E-state index contributed by atoms with van der Waals surface area (Å²) < 4.78 is 0.997. The summed E-state index contributed by atoms with van der Waals surface area (Å²) in [6.07, 6.45) is 0. The fourth-order valence-corrected chi connectivity index (χ4v) is 3.40. The molecule has 1 heterocycles. The number of benzene rings is 2. The lowest BCUT2D eigenvalue weighted by Crippen LogP contribution is -2.15. The summed E-state index contributed by atoms with van der Waals surface area (Å²) in [6, 6.07) is 14.2. The Hall–Kier alpha value is -2.08. The van der Waals surface area contributed by atoms with Crippen LogP contribution >= 0.6 is 34.5 Å². The Morgan fingerprint density at radius 2 is 1.91 bits per heavy atom. The van der Waals surface area contributed by atoms with Crippen molar-refractivity contribution in [2.75, 3.05) is 0 Å². The van der Waals surface area contributed by atoms with Gasteiger partial charge in [-0.3, -0.25) is 0 Å². The lowest BCUT2D eigenvalue weighted by Gasteiger charge is -2.03. The molecule has 0 saturated carbocycles. The SMILES string of the molecule is N/C(=N\OC(=O)c1cc2ccccc2s1)c1ccc(Cl)cc1Cl. The zero-order chi connectivity index (χ0) is 16.4. The van der Waals surface area contributed by atoms with Crippen LogP contribution in [0.2, 0.25) is 10.0 Å². The molecule has 0 saturated heterocycles. The van der Waals surface area contributed by atoms with Crippen LogP contribution in [0.25, 0.3) is 10.1 Å². The van der Waals surface area contributed by atoms with Crippen LogP contribution in [0, 0.1) is 0 Å². The zero-order valence-electron chi connectivity index (χ0n) is 11.6. The summed E-state index contributed by atoms with van der Waals surface area (Å²) in [7, 11) is 0. The zero-order valence-corrected chi connectivity index (χ0v) is 14.0. The van der Waals surface area contributed by atoms with Gasteiger partial charge in [0.05, 0.1) is 5.02 Å². The first kappa shape index (κ1) is 15.8. The standard InChI is InChI=1S/C16H10Cl2N2O2S/c17-10-5-6-11(12(18)8-10)15(19)20-22-16(21)14-7-9-3-1-2-4-13(9)23-14/h1-8H,(H2,19,20). The molecule has 4 nitrogen and oxygen atoms in total. The van der Waals surface area contributed by atoms with Crippen LogP contribution in [0.1, 0.15) is 15.2 Å². The molecule has 3 rings (SSSR count). The molecule has 0 fully saturated rings. The van der Waals surface area contributed by atoms with E-state index in [4.69, 9.17) is 33.8 Å². The lowest BCUT2D eigenvalue weighted by atomic mass is 10.2. The van der Waals surface area contributed by atoms with E-state index in [1.807, 2.05) is 24.3 Å². The number of halogens is 2. The molecular weight excluding hydrogens is 355 g/mol. The third-order valence-electron chi connectivity index (χ3n) is 3.06. The van der Waals surface area contributed by atoms with E-state index < -0.39 is 5.97 Å². The van der Waals surface area contributed by atoms with Gasteiger partial charge in [0, 0.05) is 15.3 Å². The van der Waals surface area contributed by atoms with Crippen LogP contribution in [0.15, 0.2) is 53.7 Å². The number of rotatable bonds is 3. The molecule has 0 spiro atoms. The molecule has 0 aliphatic carbocycles. The van der Waals surface area contributed by atoms with E-state index in [1.54, 1.807) is 18.2 Å². The van der Waals surface area contributed by atoms with Gasteiger partial charge in [0.1, 0.15) is 4.88 Å². The number of hydrogen-bond acceptors (Lipinski definition) is 4. The van der Waals surface area contributed by atoms with Gasteiger partial charge in [-0.2, -0.15) is 0 Å². The molecule has 0 bridgehead atoms. The van der Waals surface area contributed by atoms with Gasteiger partial charge in [-0.15, -0.1) is 11.3 Å². The highest BCUT2D eigenvalue weighted by molar-refractivity contribution is 7.20. The first-order chi connectivity index (χ1) is 11.0. The predicted octanol–water partition coefficient (Wildman–Crippen LogP) is 4.69. The summed E-state index contributed by atoms with van der Waals surface area (Å²) in [6.45, 7) is 0. The third-order valence-corrected chi connectivity index (χ3v) is 4.70. The Morgan fingerprint density at radius 1 is 1.13 bits per heavy atom. The minimum Gasteiger partial charge on any atom is -0.380 e. The van der Waals surface area contributed by atoms with Crippen molar-refractivity contribution in [2.24, 2.45) is 10.9 Å². The number of carbonyl (C=O) groups excluding carboxylic acids is 1. The van der Waals surface area contributed by atoms with E-state index in [2.05, 4.69) is 5.16 Å². The maximum atomic E-state index is 12.1. The molecule has 23 heavy (non-hydrogen) atoms. The Morgan fingerprint density at radius 3 is 2.65 bits per heavy atom. The van der Waals surface area contributed by atoms with Gasteiger partial charge < -0.3 is 10.6 Å². The fourth-order valence-electron chi connectivity index (χ4n) is 1.96. The number of amidine groups is 1. The van der Waals surface area contributed by atoms with Crippen molar-refractivity contribution < 1.29 is 9.63 Å². The van der Waals surface area contributed by atoms with Gasteiger partial charge in [0.2, 0.25) is 0 Å². The summed E-state index contributed by atoms with van der Waals surface area (Å²) in [5.74, 6) is -0.569. The maximum Gasteiger partial charge on any atom is 0.375 e. The van der Waals surface area contributed by atoms with E-state index >= 15 is 0 Å². The number of hydrogen-bond donors (Lipinski definition) is 1. The molecule has 0 aliphatic heterocycles. The molecule has 116 valence electrons. The van der Waals surface area contributed by atoms with Gasteiger partial charge in [0.25, 0.3) is 0 Å². The van der Waals surface area contributed by atoms with E-state index in [1.165, 1.54) is 17.4 Å². The number of nitrogens with two attached hydrogens (primary N) is 1. The quantitative estimate of drug-likeness (QED) is 0.317. The van der Waals surface area contributed by atoms with Crippen LogP contribution in [-0.4, -0.2) is 11.8 Å². The van der Waals surface area contributed by atoms with E-state index in [-0.39, 0.29) is 5.84 Å². The highest BCUT2D eigenvalue weighted by Gasteiger charge is 2.13. The Kier molecular flexibility index (Phi) is 4.52. The average Bonchev–Trinajstić information content (AvgIpc) is 2.96. The van der Waals surface area contributed by atoms with Crippen LogP contribution in [0.4, 0.5) is 0 Å². The van der Waals surface area contributed by atoms with Crippen LogP contribution in [-0.2, 0) is 4.84 Å². The molecule has 0 radical (unpaired) electrons. The van der Waals surface area contributed by atoms with Crippen LogP contribution < -0.4 is 5.73 Å². The smallest absolute Gasteiger partial charge is 0.375 e. The van der Waals surface area contributed by atoms with Crippen molar-refractivity contribution in [1.29, 1.82) is 0 Å². The molecule has 0 amide bonds. The number of thiophene rings is 1. The van der Waals surface area contributed by atoms with Crippen molar-refractivity contribution in [3.63, 3.8) is 0 Å². The van der Waals surface area contributed by atoms with Crippen molar-refractivity contribution in [3.8, 4) is 0 Å². The number of oxime groups is 1. The minimum absolute atomic E-state index is 0.00104. The summed E-state index contributed by atoms with van der Waals surface area (Å²) in [4.78, 5) is 17.4. The van der Waals surface area contributed by atoms with Crippen molar-refractivity contribution in [3.05, 3.63) is 69.0 Å². The summed E-state index contributed by atoms with van der Waals surface area (Å²) >= 11 is 13.2. The monoisotopic (exact) mass is 364 g/mol. The molecule has 2 aromatic carbocycles. The summed E-state index contributed by atoms with van der Waals surface area (Å²) in [5.41, 5.74) is 6.24. The maximum absolute atomic E-state index is 12.1. The summed E-state index contributed by atoms with van der Waals surface area (Å²) in [5, 5.41) is 5.44. The molecule has 0 unspecified atom stereocenters. The Labute approximate surface area is 146 Å². The molecule has 0 aliphatic rings. The first-order valence-electron chi connectivity index (χ1n) is 6.53. The third kappa shape index (κ3) is 3.47. The van der Waals surface area contributed by atoms with E-state index in [0.717, 1.165) is 10.1 Å². The largest absolute Gasteiger partial charge is 0.380 e. The molecule has 3 aromatic rings. The lowest BCUT2D eigenvalue weighted by molar-refractivity contribution is 0.0522. The second kappa shape index (κ2) is 6.58. The van der Waals surface area contributed by atoms with E-state index in [9.17, 15) is 4.79 Å². The van der Waals surface area contributed by atoms with Gasteiger partial charge in [-0.1, -0.05) is 46.6 Å². The number of nitrogens with zero attached hydrogens (tertiary/aromatic N) is 1. The normalized spacial score (nSPS) is 11.7. The topological polar surface area (TPSA) is 64.7 Å². The van der Waals surface area contributed by atoms with Crippen molar-refractivity contribution in [1.82, 2.24) is 0 Å². The van der Waals surface area contributed by atoms with Gasteiger partial charge in [-0.05, 0) is 35.7 Å². The molecule has 1 aromatic heterocycles. The highest BCUT2D eigenvalue weighted by atomic mass is 35.5. The highest BCUT2D eigenvalue weighted by Crippen LogP contribution is 2.26. The number of carbonyl (C=O) groups is 1. The van der Waals surface area contributed by atoms with Crippen molar-refractivity contribution in [2.45, 2.75) is 0 Å². The van der Waals surface area contributed by atoms with Gasteiger partial charge in [-0.25, -0.2) is 4.79 Å². The van der Waals surface area contributed by atoms with Crippen molar-refractivity contribution >= 4 is 56.4 Å². The van der Waals surface area contributed by atoms with E-state index in [0.29, 0.717) is 20.5 Å². The number of fused-ring (bicyclic) bond motifs is 1. The molecule has 0 atom stereocenters. The predicted molar refractivity (Wildman–Crippen MR) is 94.4 cm³/mol. The molecular formula is C16H10Cl2N2O2S. The second-order valence-corrected chi connectivity index (χ2v) is 6.56. The second-order valence-electron chi connectivity index (χ2n) is 4.63. The van der Waals surface area contributed by atoms with Gasteiger partial charge >= 0.3 is 5.97 Å². The fraction of sp³-hybridized carbons (Fsp3) is 0. The Bertz CT molecular complexity index is 888. The Balaban J connectivity index is 1.79. The molecule has 2 N–H and O–H groups in total. The molecule has 7 heteroatoms. The van der Waals surface area contributed by atoms with Crippen LogP contribution in [0.5, 0.6) is 0 Å². The average molecular weight is 365 g/mol. The minimum atomic E-state index is -0.570.